The summed E-state index contributed by atoms with van der Waals surface area (Å²) < 4.78 is 33.7. The maximum absolute atomic E-state index is 12.7. The van der Waals surface area contributed by atoms with Crippen LogP contribution < -0.4 is 0 Å². The number of aliphatic hydroxyl groups excluding tert-OH is 2. The van der Waals surface area contributed by atoms with Crippen LogP contribution in [0.2, 0.25) is 0 Å². The topological polar surface area (TPSA) is 132 Å². The maximum atomic E-state index is 12.7. The molecular weight excluding hydrogens is 860 g/mol. The zero-order valence-corrected chi connectivity index (χ0v) is 45.6. The summed E-state index contributed by atoms with van der Waals surface area (Å²) in [6, 6.07) is 0. The van der Waals surface area contributed by atoms with E-state index in [2.05, 4.69) is 13.8 Å². The Morgan fingerprint density at radius 3 is 0.970 bits per heavy atom. The van der Waals surface area contributed by atoms with Crippen LogP contribution in [0.15, 0.2) is 0 Å². The predicted molar refractivity (Wildman–Crippen MR) is 284 cm³/mol. The smallest absolute Gasteiger partial charge is 0.457 e. The predicted octanol–water partition coefficient (Wildman–Crippen LogP) is 17.8. The molecule has 0 aromatic carbocycles. The molecule has 9 nitrogen and oxygen atoms in total. The lowest BCUT2D eigenvalue weighted by Gasteiger charge is -2.20. The number of unbranched alkanes of at least 4 members (excludes halogenated alkanes) is 44. The normalized spacial score (nSPS) is 13.6. The first kappa shape index (κ1) is 66.5. The van der Waals surface area contributed by atoms with Crippen molar-refractivity contribution in [2.24, 2.45) is 0 Å². The largest absolute Gasteiger partial charge is 0.472 e. The summed E-state index contributed by atoms with van der Waals surface area (Å²) in [5.74, 6) is -0.371. The van der Waals surface area contributed by atoms with Crippen LogP contribution >= 0.6 is 7.82 Å². The molecule has 0 aliphatic rings. The van der Waals surface area contributed by atoms with E-state index in [0.29, 0.717) is 6.61 Å². The Morgan fingerprint density at radius 1 is 0.403 bits per heavy atom. The molecular formula is C57H115O9P. The van der Waals surface area contributed by atoms with Crippen LogP contribution in [0.3, 0.4) is 0 Å². The van der Waals surface area contributed by atoms with E-state index in [-0.39, 0.29) is 25.6 Å². The summed E-state index contributed by atoms with van der Waals surface area (Å²) in [4.78, 5) is 22.8. The van der Waals surface area contributed by atoms with E-state index < -0.39 is 33.2 Å². The van der Waals surface area contributed by atoms with Crippen LogP contribution in [0.5, 0.6) is 0 Å². The minimum atomic E-state index is -4.52. The monoisotopic (exact) mass is 975 g/mol. The number of carbonyl (C=O) groups excluding carboxylic acids is 1. The van der Waals surface area contributed by atoms with Gasteiger partial charge in [-0.25, -0.2) is 4.57 Å². The molecule has 0 rings (SSSR count). The molecule has 0 heterocycles. The molecule has 3 N–H and O–H groups in total. The first-order valence-electron chi connectivity index (χ1n) is 29.5. The van der Waals surface area contributed by atoms with Crippen molar-refractivity contribution in [3.8, 4) is 0 Å². The molecule has 0 radical (unpaired) electrons. The summed E-state index contributed by atoms with van der Waals surface area (Å²) in [6.45, 7) is 3.63. The number of rotatable bonds is 58. The minimum Gasteiger partial charge on any atom is -0.457 e. The third-order valence-corrected chi connectivity index (χ3v) is 14.5. The van der Waals surface area contributed by atoms with Gasteiger partial charge in [0.15, 0.2) is 0 Å². The summed E-state index contributed by atoms with van der Waals surface area (Å²) in [7, 11) is -4.52. The van der Waals surface area contributed by atoms with Gasteiger partial charge in [-0.3, -0.25) is 13.8 Å². The molecule has 0 fully saturated rings. The Hall–Kier alpha value is -0.540. The van der Waals surface area contributed by atoms with Crippen LogP contribution in [0.1, 0.15) is 316 Å². The lowest BCUT2D eigenvalue weighted by atomic mass is 10.0. The highest BCUT2D eigenvalue weighted by molar-refractivity contribution is 7.47. The summed E-state index contributed by atoms with van der Waals surface area (Å²) in [5.41, 5.74) is 0. The van der Waals surface area contributed by atoms with E-state index in [9.17, 15) is 19.4 Å². The second-order valence-electron chi connectivity index (χ2n) is 20.4. The minimum absolute atomic E-state index is 0.0592. The molecule has 402 valence electrons. The molecule has 3 atom stereocenters. The van der Waals surface area contributed by atoms with Crippen molar-refractivity contribution in [1.82, 2.24) is 0 Å². The summed E-state index contributed by atoms with van der Waals surface area (Å²) in [5, 5.41) is 18.5. The Morgan fingerprint density at radius 2 is 0.672 bits per heavy atom. The van der Waals surface area contributed by atoms with Crippen LogP contribution in [0.25, 0.3) is 0 Å². The van der Waals surface area contributed by atoms with Crippen molar-refractivity contribution in [2.45, 2.75) is 328 Å². The van der Waals surface area contributed by atoms with E-state index in [1.54, 1.807) is 0 Å². The van der Waals surface area contributed by atoms with Crippen molar-refractivity contribution in [3.63, 3.8) is 0 Å². The number of phosphoric acid groups is 1. The third kappa shape index (κ3) is 54.6. The number of ether oxygens (including phenoxy) is 2. The molecule has 0 saturated carbocycles. The lowest BCUT2D eigenvalue weighted by molar-refractivity contribution is -0.154. The van der Waals surface area contributed by atoms with Gasteiger partial charge in [0.2, 0.25) is 0 Å². The molecule has 0 amide bonds. The molecule has 67 heavy (non-hydrogen) atoms. The van der Waals surface area contributed by atoms with E-state index in [4.69, 9.17) is 23.6 Å². The number of hydrogen-bond donors (Lipinski definition) is 3. The van der Waals surface area contributed by atoms with Gasteiger partial charge < -0.3 is 24.6 Å². The second kappa shape index (κ2) is 54.8. The highest BCUT2D eigenvalue weighted by Crippen LogP contribution is 2.43. The van der Waals surface area contributed by atoms with Gasteiger partial charge in [-0.2, -0.15) is 0 Å². The fourth-order valence-corrected chi connectivity index (χ4v) is 9.86. The van der Waals surface area contributed by atoms with Crippen LogP contribution in [-0.2, 0) is 27.9 Å². The summed E-state index contributed by atoms with van der Waals surface area (Å²) >= 11 is 0. The van der Waals surface area contributed by atoms with Gasteiger partial charge in [0.1, 0.15) is 12.2 Å². The van der Waals surface area contributed by atoms with Gasteiger partial charge in [-0.15, -0.1) is 0 Å². The molecule has 10 heteroatoms. The van der Waals surface area contributed by atoms with Crippen molar-refractivity contribution >= 4 is 13.8 Å². The number of hydrogen-bond acceptors (Lipinski definition) is 8. The molecule has 0 bridgehead atoms. The molecule has 3 unspecified atom stereocenters. The first-order chi connectivity index (χ1) is 32.8. The fourth-order valence-electron chi connectivity index (χ4n) is 9.07. The van der Waals surface area contributed by atoms with Gasteiger partial charge >= 0.3 is 13.8 Å². The van der Waals surface area contributed by atoms with Crippen LogP contribution in [0, 0.1) is 0 Å². The van der Waals surface area contributed by atoms with Gasteiger partial charge in [-0.1, -0.05) is 296 Å². The van der Waals surface area contributed by atoms with E-state index in [0.717, 1.165) is 32.1 Å². The number of phosphoric ester groups is 1. The number of aliphatic hydroxyl groups is 2. The fraction of sp³-hybridized carbons (Fsp3) is 0.982. The molecule has 0 aromatic heterocycles. The quantitative estimate of drug-likeness (QED) is 0.0310. The van der Waals surface area contributed by atoms with E-state index >= 15 is 0 Å². The highest BCUT2D eigenvalue weighted by Gasteiger charge is 2.26. The van der Waals surface area contributed by atoms with Gasteiger partial charge in [0.05, 0.1) is 26.4 Å². The first-order valence-corrected chi connectivity index (χ1v) is 31.0. The lowest BCUT2D eigenvalue weighted by Crippen LogP contribution is -2.29. The van der Waals surface area contributed by atoms with Crippen LogP contribution in [-0.4, -0.2) is 66.3 Å². The standard InChI is InChI=1S/C57H115O9P/c1-3-5-7-9-11-13-15-17-19-21-23-25-27-28-30-32-34-36-38-40-42-44-46-48-50-63-53-56(54-65-67(61,62)64-52-55(59)51-58)66-57(60)49-47-45-43-41-39-37-35-33-31-29-26-24-22-20-18-16-14-12-10-8-6-4-2/h55-56,58-59H,3-54H2,1-2H3,(H,61,62). The summed E-state index contributed by atoms with van der Waals surface area (Å²) in [6.07, 6.45) is 59.5. The number of esters is 1. The average molecular weight is 976 g/mol. The van der Waals surface area contributed by atoms with Gasteiger partial charge in [-0.05, 0) is 12.8 Å². The second-order valence-corrected chi connectivity index (χ2v) is 21.8. The third-order valence-electron chi connectivity index (χ3n) is 13.5. The Balaban J connectivity index is 3.93. The van der Waals surface area contributed by atoms with Gasteiger partial charge in [0.25, 0.3) is 0 Å². The van der Waals surface area contributed by atoms with Crippen molar-refractivity contribution < 1.29 is 43.0 Å². The van der Waals surface area contributed by atoms with E-state index in [1.165, 1.54) is 263 Å². The van der Waals surface area contributed by atoms with Crippen LogP contribution in [0.4, 0.5) is 0 Å². The maximum Gasteiger partial charge on any atom is 0.472 e. The molecule has 0 aromatic rings. The van der Waals surface area contributed by atoms with Crippen molar-refractivity contribution in [1.29, 1.82) is 0 Å². The zero-order chi connectivity index (χ0) is 48.8. The molecule has 0 aliphatic heterocycles. The molecule has 0 aliphatic carbocycles. The Bertz CT molecular complexity index is 1020. The number of carbonyl (C=O) groups is 1. The van der Waals surface area contributed by atoms with Crippen molar-refractivity contribution in [3.05, 3.63) is 0 Å². The Labute approximate surface area is 416 Å². The SMILES string of the molecule is CCCCCCCCCCCCCCCCCCCCCCCCCCOCC(COP(=O)(O)OCC(O)CO)OC(=O)CCCCCCCCCCCCCCCCCCCCCCCC. The van der Waals surface area contributed by atoms with E-state index in [1.807, 2.05) is 0 Å². The average Bonchev–Trinajstić information content (AvgIpc) is 3.32. The zero-order valence-electron chi connectivity index (χ0n) is 44.7. The van der Waals surface area contributed by atoms with Crippen molar-refractivity contribution in [2.75, 3.05) is 33.0 Å². The molecule has 0 saturated heterocycles. The highest BCUT2D eigenvalue weighted by atomic mass is 31.2. The molecule has 0 spiro atoms. The van der Waals surface area contributed by atoms with Gasteiger partial charge in [0, 0.05) is 13.0 Å². The Kier molecular flexibility index (Phi) is 54.3.